The Hall–Kier alpha value is -1.41. The van der Waals surface area contributed by atoms with Crippen LogP contribution in [0.2, 0.25) is 0 Å². The zero-order chi connectivity index (χ0) is 14.0. The molecular formula is C17H17BrO. The Kier molecular flexibility index (Phi) is 4.20. The van der Waals surface area contributed by atoms with Crippen LogP contribution < -0.4 is 0 Å². The Morgan fingerprint density at radius 3 is 2.26 bits per heavy atom. The third-order valence-electron chi connectivity index (χ3n) is 3.43. The second-order valence-corrected chi connectivity index (χ2v) is 5.84. The van der Waals surface area contributed by atoms with Gasteiger partial charge in [-0.05, 0) is 49.1 Å². The van der Waals surface area contributed by atoms with E-state index in [0.717, 1.165) is 21.2 Å². The van der Waals surface area contributed by atoms with E-state index in [1.807, 2.05) is 31.2 Å². The van der Waals surface area contributed by atoms with E-state index in [9.17, 15) is 4.79 Å². The SMILES string of the molecule is Cc1ccc(CC(=O)c2ccc(C)c(Br)c2)cc1C. The normalized spacial score (nSPS) is 10.5. The molecule has 0 bridgehead atoms. The molecule has 2 aromatic carbocycles. The Morgan fingerprint density at radius 1 is 0.947 bits per heavy atom. The summed E-state index contributed by atoms with van der Waals surface area (Å²) in [6.45, 7) is 6.17. The van der Waals surface area contributed by atoms with Crippen molar-refractivity contribution < 1.29 is 4.79 Å². The highest BCUT2D eigenvalue weighted by Crippen LogP contribution is 2.19. The molecule has 0 heterocycles. The van der Waals surface area contributed by atoms with E-state index in [-0.39, 0.29) is 5.78 Å². The molecule has 0 aromatic heterocycles. The molecule has 19 heavy (non-hydrogen) atoms. The van der Waals surface area contributed by atoms with Crippen LogP contribution in [0.25, 0.3) is 0 Å². The number of aryl methyl sites for hydroxylation is 3. The molecular weight excluding hydrogens is 300 g/mol. The minimum Gasteiger partial charge on any atom is -0.294 e. The third kappa shape index (κ3) is 3.32. The van der Waals surface area contributed by atoms with Crippen LogP contribution in [-0.4, -0.2) is 5.78 Å². The Labute approximate surface area is 122 Å². The average Bonchev–Trinajstić information content (AvgIpc) is 2.37. The van der Waals surface area contributed by atoms with Gasteiger partial charge in [0, 0.05) is 16.5 Å². The Morgan fingerprint density at radius 2 is 1.63 bits per heavy atom. The first-order valence-corrected chi connectivity index (χ1v) is 7.12. The molecule has 1 nitrogen and oxygen atoms in total. The number of hydrogen-bond acceptors (Lipinski definition) is 1. The number of carbonyl (C=O) groups excluding carboxylic acids is 1. The van der Waals surface area contributed by atoms with Crippen molar-refractivity contribution in [1.82, 2.24) is 0 Å². The fraction of sp³-hybridized carbons (Fsp3) is 0.235. The highest BCUT2D eigenvalue weighted by Gasteiger charge is 2.09. The van der Waals surface area contributed by atoms with Crippen LogP contribution >= 0.6 is 15.9 Å². The Bertz CT molecular complexity index is 629. The monoisotopic (exact) mass is 316 g/mol. The Balaban J connectivity index is 2.20. The maximum absolute atomic E-state index is 12.3. The van der Waals surface area contributed by atoms with Gasteiger partial charge in [0.2, 0.25) is 0 Å². The fourth-order valence-electron chi connectivity index (χ4n) is 1.97. The van der Waals surface area contributed by atoms with Gasteiger partial charge in [0.25, 0.3) is 0 Å². The van der Waals surface area contributed by atoms with Gasteiger partial charge in [0.15, 0.2) is 5.78 Å². The van der Waals surface area contributed by atoms with E-state index in [2.05, 4.69) is 41.9 Å². The lowest BCUT2D eigenvalue weighted by Gasteiger charge is -2.06. The summed E-state index contributed by atoms with van der Waals surface area (Å²) in [5.74, 6) is 0.156. The van der Waals surface area contributed by atoms with Crippen molar-refractivity contribution in [3.05, 3.63) is 68.7 Å². The molecule has 0 aliphatic heterocycles. The van der Waals surface area contributed by atoms with Crippen LogP contribution in [-0.2, 0) is 6.42 Å². The highest BCUT2D eigenvalue weighted by molar-refractivity contribution is 9.10. The first kappa shape index (κ1) is 14.0. The van der Waals surface area contributed by atoms with Gasteiger partial charge in [0.1, 0.15) is 0 Å². The first-order chi connectivity index (χ1) is 8.97. The molecule has 2 heteroatoms. The molecule has 2 rings (SSSR count). The van der Waals surface area contributed by atoms with E-state index in [1.54, 1.807) is 0 Å². The van der Waals surface area contributed by atoms with Gasteiger partial charge >= 0.3 is 0 Å². The number of ketones is 1. The molecule has 0 spiro atoms. The number of carbonyl (C=O) groups is 1. The van der Waals surface area contributed by atoms with Crippen LogP contribution in [0.3, 0.4) is 0 Å². The lowest BCUT2D eigenvalue weighted by atomic mass is 9.99. The molecule has 0 aliphatic rings. The van der Waals surface area contributed by atoms with E-state index in [4.69, 9.17) is 0 Å². The number of halogens is 1. The van der Waals surface area contributed by atoms with E-state index >= 15 is 0 Å². The summed E-state index contributed by atoms with van der Waals surface area (Å²) in [6, 6.07) is 12.0. The molecule has 98 valence electrons. The minimum atomic E-state index is 0.156. The largest absolute Gasteiger partial charge is 0.294 e. The minimum absolute atomic E-state index is 0.156. The molecule has 0 radical (unpaired) electrons. The van der Waals surface area contributed by atoms with Crippen molar-refractivity contribution in [3.63, 3.8) is 0 Å². The van der Waals surface area contributed by atoms with Crippen molar-refractivity contribution >= 4 is 21.7 Å². The molecule has 0 saturated heterocycles. The molecule has 0 N–H and O–H groups in total. The second-order valence-electron chi connectivity index (χ2n) is 4.98. The van der Waals surface area contributed by atoms with Crippen LogP contribution in [0.15, 0.2) is 40.9 Å². The number of hydrogen-bond donors (Lipinski definition) is 0. The topological polar surface area (TPSA) is 17.1 Å². The lowest BCUT2D eigenvalue weighted by Crippen LogP contribution is -2.04. The van der Waals surface area contributed by atoms with E-state index in [0.29, 0.717) is 6.42 Å². The molecule has 2 aromatic rings. The summed E-state index contributed by atoms with van der Waals surface area (Å²) in [6.07, 6.45) is 0.455. The van der Waals surface area contributed by atoms with Crippen molar-refractivity contribution in [1.29, 1.82) is 0 Å². The van der Waals surface area contributed by atoms with Crippen molar-refractivity contribution in [2.24, 2.45) is 0 Å². The molecule has 0 amide bonds. The number of Topliss-reactive ketones (excluding diaryl/α,β-unsaturated/α-hetero) is 1. The summed E-state index contributed by atoms with van der Waals surface area (Å²) in [5, 5.41) is 0. The predicted molar refractivity (Wildman–Crippen MR) is 82.8 cm³/mol. The van der Waals surface area contributed by atoms with Crippen molar-refractivity contribution in [3.8, 4) is 0 Å². The smallest absolute Gasteiger partial charge is 0.167 e. The zero-order valence-electron chi connectivity index (χ0n) is 11.5. The quantitative estimate of drug-likeness (QED) is 0.743. The van der Waals surface area contributed by atoms with Crippen LogP contribution in [0.4, 0.5) is 0 Å². The van der Waals surface area contributed by atoms with Crippen molar-refractivity contribution in [2.45, 2.75) is 27.2 Å². The molecule has 0 fully saturated rings. The molecule has 0 saturated carbocycles. The van der Waals surface area contributed by atoms with E-state index in [1.165, 1.54) is 11.1 Å². The van der Waals surface area contributed by atoms with Crippen LogP contribution in [0.5, 0.6) is 0 Å². The summed E-state index contributed by atoms with van der Waals surface area (Å²) < 4.78 is 0.985. The van der Waals surface area contributed by atoms with Gasteiger partial charge in [-0.1, -0.05) is 46.3 Å². The maximum Gasteiger partial charge on any atom is 0.167 e. The van der Waals surface area contributed by atoms with Crippen LogP contribution in [0, 0.1) is 20.8 Å². The molecule has 0 aliphatic carbocycles. The first-order valence-electron chi connectivity index (χ1n) is 6.33. The summed E-state index contributed by atoms with van der Waals surface area (Å²) in [7, 11) is 0. The third-order valence-corrected chi connectivity index (χ3v) is 4.28. The van der Waals surface area contributed by atoms with Crippen LogP contribution in [0.1, 0.15) is 32.6 Å². The predicted octanol–water partition coefficient (Wildman–Crippen LogP) is 4.80. The van der Waals surface area contributed by atoms with Gasteiger partial charge in [-0.15, -0.1) is 0 Å². The summed E-state index contributed by atoms with van der Waals surface area (Å²) in [5.41, 5.74) is 5.47. The maximum atomic E-state index is 12.3. The second kappa shape index (κ2) is 5.70. The van der Waals surface area contributed by atoms with E-state index < -0.39 is 0 Å². The zero-order valence-corrected chi connectivity index (χ0v) is 13.0. The average molecular weight is 317 g/mol. The highest BCUT2D eigenvalue weighted by atomic mass is 79.9. The summed E-state index contributed by atoms with van der Waals surface area (Å²) >= 11 is 3.47. The van der Waals surface area contributed by atoms with Gasteiger partial charge in [-0.2, -0.15) is 0 Å². The number of benzene rings is 2. The molecule has 0 atom stereocenters. The van der Waals surface area contributed by atoms with Gasteiger partial charge in [0.05, 0.1) is 0 Å². The fourth-order valence-corrected chi connectivity index (χ4v) is 2.35. The summed E-state index contributed by atoms with van der Waals surface area (Å²) in [4.78, 5) is 12.3. The number of rotatable bonds is 3. The lowest BCUT2D eigenvalue weighted by molar-refractivity contribution is 0.0993. The molecule has 0 unspecified atom stereocenters. The van der Waals surface area contributed by atoms with Gasteiger partial charge in [-0.3, -0.25) is 4.79 Å². The van der Waals surface area contributed by atoms with Gasteiger partial charge in [-0.25, -0.2) is 0 Å². The van der Waals surface area contributed by atoms with Crippen molar-refractivity contribution in [2.75, 3.05) is 0 Å². The van der Waals surface area contributed by atoms with Gasteiger partial charge < -0.3 is 0 Å². The standard InChI is InChI=1S/C17H17BrO/c1-11-4-6-14(8-13(11)3)9-17(19)15-7-5-12(2)16(18)10-15/h4-8,10H,9H2,1-3H3.